The Balaban J connectivity index is 1.85. The second-order valence-corrected chi connectivity index (χ2v) is 6.52. The largest absolute Gasteiger partial charge is 0.319 e. The fourth-order valence-corrected chi connectivity index (χ4v) is 3.74. The summed E-state index contributed by atoms with van der Waals surface area (Å²) in [6.45, 7) is 6.99. The van der Waals surface area contributed by atoms with Crippen molar-refractivity contribution in [1.29, 1.82) is 0 Å². The summed E-state index contributed by atoms with van der Waals surface area (Å²) in [5, 5.41) is 3.77. The number of nitrogens with zero attached hydrogens (tertiary/aromatic N) is 1. The van der Waals surface area contributed by atoms with E-state index in [0.29, 0.717) is 6.04 Å². The minimum absolute atomic E-state index is 0.0589. The minimum Gasteiger partial charge on any atom is -0.319 e. The molecule has 0 bridgehead atoms. The molecule has 0 saturated heterocycles. The number of fused-ring (bicyclic) bond motifs is 1. The van der Waals surface area contributed by atoms with Gasteiger partial charge in [0, 0.05) is 18.2 Å². The van der Waals surface area contributed by atoms with Crippen LogP contribution in [0.1, 0.15) is 57.2 Å². The smallest absolute Gasteiger partial charge is 0.251 e. The van der Waals surface area contributed by atoms with Crippen molar-refractivity contribution in [3.8, 4) is 0 Å². The molecule has 3 heteroatoms. The van der Waals surface area contributed by atoms with Gasteiger partial charge in [0.15, 0.2) is 0 Å². The highest BCUT2D eigenvalue weighted by molar-refractivity contribution is 5.96. The van der Waals surface area contributed by atoms with Crippen LogP contribution < -0.4 is 5.32 Å². The van der Waals surface area contributed by atoms with Crippen molar-refractivity contribution in [1.82, 2.24) is 10.2 Å². The molecule has 1 N–H and O–H groups in total. The molecule has 1 heterocycles. The highest BCUT2D eigenvalue weighted by Crippen LogP contribution is 2.33. The van der Waals surface area contributed by atoms with Gasteiger partial charge in [-0.1, -0.05) is 31.2 Å². The van der Waals surface area contributed by atoms with Crippen LogP contribution in [0.4, 0.5) is 0 Å². The lowest BCUT2D eigenvalue weighted by Crippen LogP contribution is -2.47. The Morgan fingerprint density at radius 2 is 2.05 bits per heavy atom. The lowest BCUT2D eigenvalue weighted by atomic mass is 9.87. The summed E-state index contributed by atoms with van der Waals surface area (Å²) in [4.78, 5) is 14.4. The maximum absolute atomic E-state index is 12.4. The number of amides is 1. The Labute approximate surface area is 133 Å². The lowest BCUT2D eigenvalue weighted by Gasteiger charge is -2.34. The third kappa shape index (κ3) is 2.58. The van der Waals surface area contributed by atoms with Gasteiger partial charge in [0.1, 0.15) is 6.17 Å². The highest BCUT2D eigenvalue weighted by Gasteiger charge is 2.36. The molecule has 1 aromatic carbocycles. The summed E-state index contributed by atoms with van der Waals surface area (Å²) < 4.78 is 0. The molecule has 1 aliphatic heterocycles. The minimum atomic E-state index is 0.0589. The van der Waals surface area contributed by atoms with Crippen molar-refractivity contribution < 1.29 is 4.79 Å². The first-order valence-corrected chi connectivity index (χ1v) is 8.45. The molecule has 3 rings (SSSR count). The molecule has 0 aromatic heterocycles. The molecule has 0 fully saturated rings. The van der Waals surface area contributed by atoms with Gasteiger partial charge in [-0.15, -0.1) is 0 Å². The number of benzene rings is 1. The molecule has 1 amide bonds. The molecule has 2 aliphatic rings. The van der Waals surface area contributed by atoms with Gasteiger partial charge < -0.3 is 4.90 Å². The Morgan fingerprint density at radius 3 is 2.82 bits per heavy atom. The van der Waals surface area contributed by atoms with Crippen molar-refractivity contribution >= 4 is 5.91 Å². The van der Waals surface area contributed by atoms with Crippen molar-refractivity contribution in [2.75, 3.05) is 6.54 Å². The van der Waals surface area contributed by atoms with Gasteiger partial charge in [0.25, 0.3) is 5.91 Å². The molecule has 1 aromatic rings. The topological polar surface area (TPSA) is 32.3 Å². The average Bonchev–Trinajstić information content (AvgIpc) is 2.74. The molecule has 0 radical (unpaired) electrons. The van der Waals surface area contributed by atoms with Crippen LogP contribution in [0.25, 0.3) is 0 Å². The molecule has 3 nitrogen and oxygen atoms in total. The Hall–Kier alpha value is -1.61. The van der Waals surface area contributed by atoms with E-state index < -0.39 is 0 Å². The summed E-state index contributed by atoms with van der Waals surface area (Å²) in [5.74, 6) is 0.195. The number of hydrogen-bond donors (Lipinski definition) is 1. The van der Waals surface area contributed by atoms with Crippen molar-refractivity contribution in [2.24, 2.45) is 0 Å². The zero-order valence-corrected chi connectivity index (χ0v) is 13.9. The predicted octanol–water partition coefficient (Wildman–Crippen LogP) is 3.57. The summed E-state index contributed by atoms with van der Waals surface area (Å²) in [5.41, 5.74) is 4.96. The first kappa shape index (κ1) is 15.3. The summed E-state index contributed by atoms with van der Waals surface area (Å²) >= 11 is 0. The molecular weight excluding hydrogens is 272 g/mol. The molecule has 0 spiro atoms. The quantitative estimate of drug-likeness (QED) is 0.921. The first-order chi connectivity index (χ1) is 10.6. The van der Waals surface area contributed by atoms with E-state index in [-0.39, 0.29) is 12.1 Å². The van der Waals surface area contributed by atoms with E-state index in [0.717, 1.165) is 25.0 Å². The number of hydrogen-bond acceptors (Lipinski definition) is 2. The van der Waals surface area contributed by atoms with Crippen LogP contribution in [0, 0.1) is 0 Å². The van der Waals surface area contributed by atoms with Crippen molar-refractivity contribution in [2.45, 2.75) is 58.7 Å². The summed E-state index contributed by atoms with van der Waals surface area (Å²) in [6, 6.07) is 9.07. The van der Waals surface area contributed by atoms with Gasteiger partial charge in [0.05, 0.1) is 0 Å². The van der Waals surface area contributed by atoms with E-state index in [4.69, 9.17) is 0 Å². The van der Waals surface area contributed by atoms with E-state index in [1.54, 1.807) is 0 Å². The third-order valence-electron chi connectivity index (χ3n) is 5.09. The van der Waals surface area contributed by atoms with E-state index >= 15 is 0 Å². The Morgan fingerprint density at radius 1 is 1.27 bits per heavy atom. The van der Waals surface area contributed by atoms with Crippen LogP contribution in [-0.2, 0) is 11.2 Å². The standard InChI is InChI=1S/C19H26N2O/c1-4-12-21-18(13(2)14(3)19(21)22)20-17-11-7-9-15-8-5-6-10-16(15)17/h5-6,8,10,17-18,20H,4,7,9,11-12H2,1-3H3. The molecule has 118 valence electrons. The van der Waals surface area contributed by atoms with Gasteiger partial charge in [-0.2, -0.15) is 0 Å². The first-order valence-electron chi connectivity index (χ1n) is 8.45. The summed E-state index contributed by atoms with van der Waals surface area (Å²) in [6.07, 6.45) is 4.58. The van der Waals surface area contributed by atoms with Gasteiger partial charge >= 0.3 is 0 Å². The van der Waals surface area contributed by atoms with Crippen LogP contribution in [0.3, 0.4) is 0 Å². The van der Waals surface area contributed by atoms with Crippen LogP contribution in [0.2, 0.25) is 0 Å². The molecule has 2 unspecified atom stereocenters. The van der Waals surface area contributed by atoms with Crippen molar-refractivity contribution in [3.63, 3.8) is 0 Å². The molecule has 2 atom stereocenters. The number of carbonyl (C=O) groups is 1. The van der Waals surface area contributed by atoms with E-state index in [1.165, 1.54) is 29.5 Å². The van der Waals surface area contributed by atoms with Gasteiger partial charge in [-0.05, 0) is 56.2 Å². The van der Waals surface area contributed by atoms with Crippen LogP contribution >= 0.6 is 0 Å². The van der Waals surface area contributed by atoms with Gasteiger partial charge in [-0.25, -0.2) is 0 Å². The number of nitrogens with one attached hydrogen (secondary N) is 1. The zero-order chi connectivity index (χ0) is 15.7. The van der Waals surface area contributed by atoms with Gasteiger partial charge in [0.2, 0.25) is 0 Å². The highest BCUT2D eigenvalue weighted by atomic mass is 16.2. The second-order valence-electron chi connectivity index (χ2n) is 6.52. The Bertz CT molecular complexity index is 605. The summed E-state index contributed by atoms with van der Waals surface area (Å²) in [7, 11) is 0. The number of carbonyl (C=O) groups excluding carboxylic acids is 1. The SMILES string of the molecule is CCCN1C(=O)C(C)=C(C)C1NC1CCCc2ccccc21. The number of rotatable bonds is 4. The fourth-order valence-electron chi connectivity index (χ4n) is 3.74. The predicted molar refractivity (Wildman–Crippen MR) is 89.4 cm³/mol. The molecular formula is C19H26N2O. The zero-order valence-electron chi connectivity index (χ0n) is 13.9. The molecule has 22 heavy (non-hydrogen) atoms. The molecule has 1 aliphatic carbocycles. The van der Waals surface area contributed by atoms with Gasteiger partial charge in [-0.3, -0.25) is 10.1 Å². The average molecular weight is 298 g/mol. The normalized spacial score (nSPS) is 24.9. The Kier molecular flexibility index (Phi) is 4.34. The monoisotopic (exact) mass is 298 g/mol. The maximum atomic E-state index is 12.4. The van der Waals surface area contributed by atoms with Crippen LogP contribution in [-0.4, -0.2) is 23.5 Å². The van der Waals surface area contributed by atoms with E-state index in [2.05, 4.69) is 43.4 Å². The second kappa shape index (κ2) is 6.25. The number of aryl methyl sites for hydroxylation is 1. The van der Waals surface area contributed by atoms with Crippen LogP contribution in [0.15, 0.2) is 35.4 Å². The third-order valence-corrected chi connectivity index (χ3v) is 5.09. The fraction of sp³-hybridized carbons (Fsp3) is 0.526. The van der Waals surface area contributed by atoms with Crippen molar-refractivity contribution in [3.05, 3.63) is 46.5 Å². The molecule has 0 saturated carbocycles. The van der Waals surface area contributed by atoms with Crippen LogP contribution in [0.5, 0.6) is 0 Å². The lowest BCUT2D eigenvalue weighted by molar-refractivity contribution is -0.127. The van der Waals surface area contributed by atoms with E-state index in [9.17, 15) is 4.79 Å². The van der Waals surface area contributed by atoms with E-state index in [1.807, 2.05) is 11.8 Å². The maximum Gasteiger partial charge on any atom is 0.251 e.